The summed E-state index contributed by atoms with van der Waals surface area (Å²) in [4.78, 5) is 19.1. The normalized spacial score (nSPS) is 15.3. The number of aryl methyl sites for hydroxylation is 2. The van der Waals surface area contributed by atoms with Crippen molar-refractivity contribution >= 4 is 34.5 Å². The maximum atomic E-state index is 12.6. The minimum atomic E-state index is 0.0682. The number of hydrogen-bond donors (Lipinski definition) is 1. The molecule has 140 valence electrons. The van der Waals surface area contributed by atoms with E-state index in [1.807, 2.05) is 6.07 Å². The molecule has 1 saturated heterocycles. The van der Waals surface area contributed by atoms with Gasteiger partial charge in [-0.25, -0.2) is 4.98 Å². The SMILES string of the molecule is Cc1ccc(CNC(=O)C2CCN(c3ccnc4nsnc34)CC2)cc1C. The highest BCUT2D eigenvalue weighted by atomic mass is 32.1. The number of hydrogen-bond acceptors (Lipinski definition) is 6. The summed E-state index contributed by atoms with van der Waals surface area (Å²) in [6.45, 7) is 6.49. The van der Waals surface area contributed by atoms with Crippen LogP contribution in [-0.2, 0) is 11.3 Å². The lowest BCUT2D eigenvalue weighted by atomic mass is 9.95. The van der Waals surface area contributed by atoms with Crippen LogP contribution < -0.4 is 10.2 Å². The van der Waals surface area contributed by atoms with Crippen molar-refractivity contribution in [3.8, 4) is 0 Å². The maximum Gasteiger partial charge on any atom is 0.223 e. The van der Waals surface area contributed by atoms with Gasteiger partial charge in [-0.3, -0.25) is 4.79 Å². The molecule has 1 N–H and O–H groups in total. The monoisotopic (exact) mass is 381 g/mol. The summed E-state index contributed by atoms with van der Waals surface area (Å²) in [7, 11) is 0. The van der Waals surface area contributed by atoms with Crippen LogP contribution >= 0.6 is 11.7 Å². The standard InChI is InChI=1S/C20H23N5OS/c1-13-3-4-15(11-14(13)2)12-22-20(26)16-6-9-25(10-7-16)17-5-8-21-19-18(17)23-27-24-19/h3-5,8,11,16H,6-7,9-10,12H2,1-2H3,(H,22,26). The number of fused-ring (bicyclic) bond motifs is 1. The van der Waals surface area contributed by atoms with Gasteiger partial charge in [0.15, 0.2) is 5.65 Å². The molecule has 4 rings (SSSR count). The van der Waals surface area contributed by atoms with Crippen LogP contribution in [0.5, 0.6) is 0 Å². The largest absolute Gasteiger partial charge is 0.370 e. The minimum absolute atomic E-state index is 0.0682. The molecule has 0 aliphatic carbocycles. The van der Waals surface area contributed by atoms with E-state index in [-0.39, 0.29) is 11.8 Å². The molecule has 0 spiro atoms. The van der Waals surface area contributed by atoms with Gasteiger partial charge in [-0.2, -0.15) is 8.75 Å². The minimum Gasteiger partial charge on any atom is -0.370 e. The summed E-state index contributed by atoms with van der Waals surface area (Å²) in [5.74, 6) is 0.224. The zero-order valence-corrected chi connectivity index (χ0v) is 16.4. The number of aromatic nitrogens is 3. The Balaban J connectivity index is 1.34. The molecule has 0 unspecified atom stereocenters. The van der Waals surface area contributed by atoms with E-state index in [0.717, 1.165) is 42.7 Å². The van der Waals surface area contributed by atoms with Gasteiger partial charge in [0, 0.05) is 31.7 Å². The first-order chi connectivity index (χ1) is 13.1. The van der Waals surface area contributed by atoms with Crippen molar-refractivity contribution in [2.45, 2.75) is 33.2 Å². The van der Waals surface area contributed by atoms with E-state index in [1.54, 1.807) is 6.20 Å². The summed E-state index contributed by atoms with van der Waals surface area (Å²) in [5, 5.41) is 3.11. The summed E-state index contributed by atoms with van der Waals surface area (Å²) in [6.07, 6.45) is 3.47. The number of piperidine rings is 1. The zero-order valence-electron chi connectivity index (χ0n) is 15.6. The zero-order chi connectivity index (χ0) is 18.8. The summed E-state index contributed by atoms with van der Waals surface area (Å²) in [6, 6.07) is 8.33. The highest BCUT2D eigenvalue weighted by Gasteiger charge is 2.26. The maximum absolute atomic E-state index is 12.6. The van der Waals surface area contributed by atoms with E-state index in [9.17, 15) is 4.79 Å². The van der Waals surface area contributed by atoms with E-state index in [2.05, 4.69) is 56.0 Å². The van der Waals surface area contributed by atoms with Crippen LogP contribution in [0.2, 0.25) is 0 Å². The third-order valence-corrected chi connectivity index (χ3v) is 5.91. The summed E-state index contributed by atoms with van der Waals surface area (Å²) < 4.78 is 8.58. The average Bonchev–Trinajstić information content (AvgIpc) is 3.18. The third-order valence-electron chi connectivity index (χ3n) is 5.39. The first-order valence-corrected chi connectivity index (χ1v) is 10.0. The molecule has 3 heterocycles. The van der Waals surface area contributed by atoms with Crippen molar-refractivity contribution in [3.05, 3.63) is 47.2 Å². The first kappa shape index (κ1) is 17.9. The predicted octanol–water partition coefficient (Wildman–Crippen LogP) is 3.24. The van der Waals surface area contributed by atoms with Crippen LogP contribution in [0.15, 0.2) is 30.5 Å². The van der Waals surface area contributed by atoms with Gasteiger partial charge in [-0.05, 0) is 49.4 Å². The quantitative estimate of drug-likeness (QED) is 0.751. The van der Waals surface area contributed by atoms with Crippen molar-refractivity contribution in [3.63, 3.8) is 0 Å². The van der Waals surface area contributed by atoms with E-state index in [0.29, 0.717) is 12.2 Å². The first-order valence-electron chi connectivity index (χ1n) is 9.28. The Hall–Kier alpha value is -2.54. The van der Waals surface area contributed by atoms with Gasteiger partial charge in [-0.15, -0.1) is 0 Å². The molecule has 2 aromatic heterocycles. The van der Waals surface area contributed by atoms with Crippen LogP contribution in [0.3, 0.4) is 0 Å². The Morgan fingerprint density at radius 2 is 2.00 bits per heavy atom. The number of amides is 1. The van der Waals surface area contributed by atoms with Crippen molar-refractivity contribution in [2.24, 2.45) is 5.92 Å². The lowest BCUT2D eigenvalue weighted by molar-refractivity contribution is -0.125. The molecule has 0 atom stereocenters. The molecule has 3 aromatic rings. The topological polar surface area (TPSA) is 71.0 Å². The number of rotatable bonds is 4. The van der Waals surface area contributed by atoms with Crippen LogP contribution in [0, 0.1) is 19.8 Å². The third kappa shape index (κ3) is 3.78. The van der Waals surface area contributed by atoms with E-state index < -0.39 is 0 Å². The Kier molecular flexibility index (Phi) is 5.03. The highest BCUT2D eigenvalue weighted by Crippen LogP contribution is 2.28. The number of anilines is 1. The van der Waals surface area contributed by atoms with Gasteiger partial charge in [0.05, 0.1) is 17.4 Å². The molecule has 0 radical (unpaired) electrons. The van der Waals surface area contributed by atoms with Crippen molar-refractivity contribution < 1.29 is 4.79 Å². The van der Waals surface area contributed by atoms with E-state index in [4.69, 9.17) is 0 Å². The molecule has 0 bridgehead atoms. The number of carbonyl (C=O) groups excluding carboxylic acids is 1. The fraction of sp³-hybridized carbons (Fsp3) is 0.400. The number of nitrogens with zero attached hydrogens (tertiary/aromatic N) is 4. The fourth-order valence-electron chi connectivity index (χ4n) is 3.57. The smallest absolute Gasteiger partial charge is 0.223 e. The average molecular weight is 382 g/mol. The number of pyridine rings is 1. The van der Waals surface area contributed by atoms with Crippen LogP contribution in [0.25, 0.3) is 11.2 Å². The molecule has 1 aliphatic heterocycles. The van der Waals surface area contributed by atoms with Crippen molar-refractivity contribution in [1.82, 2.24) is 19.0 Å². The van der Waals surface area contributed by atoms with Crippen LogP contribution in [-0.4, -0.2) is 32.7 Å². The lowest BCUT2D eigenvalue weighted by Crippen LogP contribution is -2.40. The van der Waals surface area contributed by atoms with Gasteiger partial charge >= 0.3 is 0 Å². The Bertz CT molecular complexity index is 962. The molecular weight excluding hydrogens is 358 g/mol. The van der Waals surface area contributed by atoms with E-state index in [1.165, 1.54) is 22.9 Å². The molecule has 1 aliphatic rings. The Morgan fingerprint density at radius 1 is 1.19 bits per heavy atom. The van der Waals surface area contributed by atoms with Gasteiger partial charge < -0.3 is 10.2 Å². The fourth-order valence-corrected chi connectivity index (χ4v) is 4.08. The second kappa shape index (κ2) is 7.60. The molecule has 1 fully saturated rings. The molecule has 1 amide bonds. The number of nitrogens with one attached hydrogen (secondary N) is 1. The van der Waals surface area contributed by atoms with Gasteiger partial charge in [0.2, 0.25) is 5.91 Å². The van der Waals surface area contributed by atoms with Crippen molar-refractivity contribution in [1.29, 1.82) is 0 Å². The van der Waals surface area contributed by atoms with Crippen LogP contribution in [0.4, 0.5) is 5.69 Å². The second-order valence-corrected chi connectivity index (χ2v) is 7.69. The van der Waals surface area contributed by atoms with Crippen LogP contribution in [0.1, 0.15) is 29.5 Å². The molecule has 7 heteroatoms. The molecular formula is C20H23N5OS. The second-order valence-electron chi connectivity index (χ2n) is 7.16. The Labute approximate surface area is 163 Å². The summed E-state index contributed by atoms with van der Waals surface area (Å²) >= 11 is 1.19. The van der Waals surface area contributed by atoms with Gasteiger partial charge in [0.1, 0.15) is 5.52 Å². The summed E-state index contributed by atoms with van der Waals surface area (Å²) in [5.41, 5.74) is 6.32. The predicted molar refractivity (Wildman–Crippen MR) is 108 cm³/mol. The number of carbonyl (C=O) groups is 1. The molecule has 0 saturated carbocycles. The molecule has 27 heavy (non-hydrogen) atoms. The van der Waals surface area contributed by atoms with Crippen molar-refractivity contribution in [2.75, 3.05) is 18.0 Å². The van der Waals surface area contributed by atoms with Gasteiger partial charge in [-0.1, -0.05) is 18.2 Å². The lowest BCUT2D eigenvalue weighted by Gasteiger charge is -2.32. The molecule has 6 nitrogen and oxygen atoms in total. The molecule has 1 aromatic carbocycles. The highest BCUT2D eigenvalue weighted by molar-refractivity contribution is 7.00. The van der Waals surface area contributed by atoms with Gasteiger partial charge in [0.25, 0.3) is 0 Å². The number of benzene rings is 1. The van der Waals surface area contributed by atoms with E-state index >= 15 is 0 Å². The Morgan fingerprint density at radius 3 is 2.78 bits per heavy atom.